The van der Waals surface area contributed by atoms with Crippen molar-refractivity contribution in [3.63, 3.8) is 0 Å². The van der Waals surface area contributed by atoms with Crippen LogP contribution >= 0.6 is 11.8 Å². The van der Waals surface area contributed by atoms with Crippen LogP contribution in [0, 0.1) is 6.92 Å². The number of aliphatic carboxylic acids is 1. The Labute approximate surface area is 91.5 Å². The zero-order valence-corrected chi connectivity index (χ0v) is 9.37. The van der Waals surface area contributed by atoms with Crippen LogP contribution in [0.2, 0.25) is 0 Å². The monoisotopic (exact) mass is 231 g/mol. The molecular formula is C8H13N3O3S. The number of likely N-dealkylation sites (N-methyl/N-ethyl adjacent to an activating group) is 1. The van der Waals surface area contributed by atoms with Crippen LogP contribution in [-0.2, 0) is 4.79 Å². The van der Waals surface area contributed by atoms with Crippen LogP contribution in [0.15, 0.2) is 9.64 Å². The van der Waals surface area contributed by atoms with Crippen LogP contribution in [0.4, 0.5) is 0 Å². The SMILES string of the molecule is CNC(CCSc1nnc(C)o1)C(=O)O. The lowest BCUT2D eigenvalue weighted by molar-refractivity contribution is -0.139. The van der Waals surface area contributed by atoms with Crippen molar-refractivity contribution in [3.8, 4) is 0 Å². The fraction of sp³-hybridized carbons (Fsp3) is 0.625. The molecule has 0 aliphatic carbocycles. The Morgan fingerprint density at radius 3 is 2.87 bits per heavy atom. The van der Waals surface area contributed by atoms with Gasteiger partial charge in [-0.15, -0.1) is 10.2 Å². The molecule has 0 bridgehead atoms. The maximum Gasteiger partial charge on any atom is 0.320 e. The third-order valence-electron chi connectivity index (χ3n) is 1.79. The fourth-order valence-electron chi connectivity index (χ4n) is 0.992. The summed E-state index contributed by atoms with van der Waals surface area (Å²) in [6, 6.07) is -0.526. The summed E-state index contributed by atoms with van der Waals surface area (Å²) < 4.78 is 5.13. The highest BCUT2D eigenvalue weighted by Crippen LogP contribution is 2.17. The van der Waals surface area contributed by atoms with Crippen molar-refractivity contribution in [2.24, 2.45) is 0 Å². The summed E-state index contributed by atoms with van der Waals surface area (Å²) in [5.74, 6) is 0.292. The van der Waals surface area contributed by atoms with Gasteiger partial charge in [0.1, 0.15) is 6.04 Å². The Bertz CT molecular complexity index is 329. The van der Waals surface area contributed by atoms with Crippen molar-refractivity contribution in [2.75, 3.05) is 12.8 Å². The molecule has 0 saturated carbocycles. The first kappa shape index (κ1) is 12.0. The molecule has 0 radical (unpaired) electrons. The van der Waals surface area contributed by atoms with E-state index in [1.54, 1.807) is 14.0 Å². The summed E-state index contributed by atoms with van der Waals surface area (Å²) in [6.45, 7) is 1.71. The Hall–Kier alpha value is -1.08. The zero-order valence-electron chi connectivity index (χ0n) is 8.56. The number of nitrogens with one attached hydrogen (secondary N) is 1. The number of thioether (sulfide) groups is 1. The Balaban J connectivity index is 2.29. The number of aryl methyl sites for hydroxylation is 1. The van der Waals surface area contributed by atoms with Crippen molar-refractivity contribution >= 4 is 17.7 Å². The predicted octanol–water partition coefficient (Wildman–Crippen LogP) is 0.533. The van der Waals surface area contributed by atoms with Gasteiger partial charge >= 0.3 is 5.97 Å². The molecule has 0 spiro atoms. The summed E-state index contributed by atoms with van der Waals surface area (Å²) in [5.41, 5.74) is 0. The third kappa shape index (κ3) is 3.88. The van der Waals surface area contributed by atoms with E-state index in [4.69, 9.17) is 9.52 Å². The second-order valence-electron chi connectivity index (χ2n) is 2.90. The molecule has 15 heavy (non-hydrogen) atoms. The number of rotatable bonds is 6. The molecule has 6 nitrogen and oxygen atoms in total. The van der Waals surface area contributed by atoms with Gasteiger partial charge in [0.05, 0.1) is 0 Å². The van der Waals surface area contributed by atoms with Crippen LogP contribution in [0.1, 0.15) is 12.3 Å². The van der Waals surface area contributed by atoms with Crippen molar-refractivity contribution in [3.05, 3.63) is 5.89 Å². The summed E-state index contributed by atoms with van der Waals surface area (Å²) in [4.78, 5) is 10.7. The van der Waals surface area contributed by atoms with Gasteiger partial charge in [0.15, 0.2) is 0 Å². The van der Waals surface area contributed by atoms with E-state index in [1.807, 2.05) is 0 Å². The largest absolute Gasteiger partial charge is 0.480 e. The van der Waals surface area contributed by atoms with E-state index >= 15 is 0 Å². The lowest BCUT2D eigenvalue weighted by Gasteiger charge is -2.08. The van der Waals surface area contributed by atoms with Gasteiger partial charge in [0.25, 0.3) is 5.22 Å². The molecule has 1 aromatic heterocycles. The molecule has 0 aliphatic heterocycles. The van der Waals surface area contributed by atoms with Crippen molar-refractivity contribution in [1.82, 2.24) is 15.5 Å². The third-order valence-corrected chi connectivity index (χ3v) is 2.64. The summed E-state index contributed by atoms with van der Waals surface area (Å²) in [7, 11) is 1.63. The highest BCUT2D eigenvalue weighted by molar-refractivity contribution is 7.99. The molecule has 84 valence electrons. The van der Waals surface area contributed by atoms with Crippen LogP contribution in [0.3, 0.4) is 0 Å². The van der Waals surface area contributed by atoms with Crippen molar-refractivity contribution < 1.29 is 14.3 Å². The first-order valence-corrected chi connectivity index (χ1v) is 5.45. The van der Waals surface area contributed by atoms with Gasteiger partial charge in [-0.05, 0) is 13.5 Å². The van der Waals surface area contributed by atoms with E-state index in [2.05, 4.69) is 15.5 Å². The number of hydrogen-bond acceptors (Lipinski definition) is 6. The first-order valence-electron chi connectivity index (χ1n) is 4.46. The van der Waals surface area contributed by atoms with Gasteiger partial charge in [0.2, 0.25) is 5.89 Å². The quantitative estimate of drug-likeness (QED) is 0.690. The minimum atomic E-state index is -0.847. The first-order chi connectivity index (χ1) is 7.13. The van der Waals surface area contributed by atoms with E-state index in [0.29, 0.717) is 23.3 Å². The molecule has 0 amide bonds. The van der Waals surface area contributed by atoms with E-state index in [9.17, 15) is 4.79 Å². The standard InChI is InChI=1S/C8H13N3O3S/c1-5-10-11-8(14-5)15-4-3-6(9-2)7(12)13/h6,9H,3-4H2,1-2H3,(H,12,13). The van der Waals surface area contributed by atoms with Gasteiger partial charge in [-0.3, -0.25) is 4.79 Å². The molecule has 1 rings (SSSR count). The zero-order chi connectivity index (χ0) is 11.3. The number of nitrogens with zero attached hydrogens (tertiary/aromatic N) is 2. The molecule has 0 aromatic carbocycles. The molecule has 7 heteroatoms. The topological polar surface area (TPSA) is 88.3 Å². The fourth-order valence-corrected chi connectivity index (χ4v) is 1.80. The van der Waals surface area contributed by atoms with Crippen LogP contribution in [0.25, 0.3) is 0 Å². The van der Waals surface area contributed by atoms with Crippen molar-refractivity contribution in [2.45, 2.75) is 24.6 Å². The normalized spacial score (nSPS) is 12.7. The maximum absolute atomic E-state index is 10.7. The van der Waals surface area contributed by atoms with E-state index in [1.165, 1.54) is 11.8 Å². The summed E-state index contributed by atoms with van der Waals surface area (Å²) >= 11 is 1.36. The second kappa shape index (κ2) is 5.72. The second-order valence-corrected chi connectivity index (χ2v) is 3.95. The Kier molecular flexibility index (Phi) is 4.57. The molecule has 0 saturated heterocycles. The van der Waals surface area contributed by atoms with E-state index < -0.39 is 12.0 Å². The van der Waals surface area contributed by atoms with Crippen LogP contribution in [-0.4, -0.2) is 40.1 Å². The minimum Gasteiger partial charge on any atom is -0.480 e. The van der Waals surface area contributed by atoms with Gasteiger partial charge in [-0.2, -0.15) is 0 Å². The predicted molar refractivity (Wildman–Crippen MR) is 54.9 cm³/mol. The molecule has 1 atom stereocenters. The van der Waals surface area contributed by atoms with Gasteiger partial charge in [0, 0.05) is 12.7 Å². The van der Waals surface area contributed by atoms with Crippen LogP contribution < -0.4 is 5.32 Å². The van der Waals surface area contributed by atoms with E-state index in [0.717, 1.165) is 0 Å². The van der Waals surface area contributed by atoms with E-state index in [-0.39, 0.29) is 0 Å². The number of carboxylic acid groups (broad SMARTS) is 1. The molecule has 0 aliphatic rings. The molecular weight excluding hydrogens is 218 g/mol. The molecule has 0 fully saturated rings. The molecule has 2 N–H and O–H groups in total. The maximum atomic E-state index is 10.7. The summed E-state index contributed by atoms with van der Waals surface area (Å²) in [5, 5.41) is 19.4. The number of hydrogen-bond donors (Lipinski definition) is 2. The average Bonchev–Trinajstić information content (AvgIpc) is 2.58. The van der Waals surface area contributed by atoms with Gasteiger partial charge in [-0.1, -0.05) is 11.8 Å². The molecule has 1 unspecified atom stereocenters. The average molecular weight is 231 g/mol. The highest BCUT2D eigenvalue weighted by Gasteiger charge is 2.14. The molecule has 1 aromatic rings. The number of carboxylic acids is 1. The smallest absolute Gasteiger partial charge is 0.320 e. The van der Waals surface area contributed by atoms with Gasteiger partial charge in [-0.25, -0.2) is 0 Å². The van der Waals surface area contributed by atoms with Gasteiger partial charge < -0.3 is 14.8 Å². The lowest BCUT2D eigenvalue weighted by Crippen LogP contribution is -2.34. The highest BCUT2D eigenvalue weighted by atomic mass is 32.2. The Morgan fingerprint density at radius 1 is 1.67 bits per heavy atom. The minimum absolute atomic E-state index is 0.479. The Morgan fingerprint density at radius 2 is 2.40 bits per heavy atom. The number of aromatic nitrogens is 2. The molecule has 1 heterocycles. The number of carbonyl (C=O) groups is 1. The van der Waals surface area contributed by atoms with Crippen molar-refractivity contribution in [1.29, 1.82) is 0 Å². The summed E-state index contributed by atoms with van der Waals surface area (Å²) in [6.07, 6.45) is 0.512. The van der Waals surface area contributed by atoms with Crippen LogP contribution in [0.5, 0.6) is 0 Å². The lowest BCUT2D eigenvalue weighted by atomic mass is 10.2.